The molecule has 1 aliphatic heterocycles. The van der Waals surface area contributed by atoms with E-state index in [1.165, 1.54) is 4.88 Å². The standard InChI is InChI=1S/C15H23N7OS.HI/c1-10-17-6-12(24-10)7-18-15(16-2)19-11-4-5-14-20-13(9-23-3)21-22(14)8-11;/h6,11H,4-5,7-9H2,1-3H3,(H2,16,18,19);1H. The Morgan fingerprint density at radius 3 is 3.04 bits per heavy atom. The van der Waals surface area contributed by atoms with E-state index in [4.69, 9.17) is 4.74 Å². The molecular weight excluding hydrogens is 453 g/mol. The summed E-state index contributed by atoms with van der Waals surface area (Å²) in [4.78, 5) is 14.3. The van der Waals surface area contributed by atoms with Crippen LogP contribution in [0.25, 0.3) is 0 Å². The number of aliphatic imine (C=N–C) groups is 1. The monoisotopic (exact) mass is 477 g/mol. The fraction of sp³-hybridized carbons (Fsp3) is 0.600. The average molecular weight is 477 g/mol. The summed E-state index contributed by atoms with van der Waals surface area (Å²) in [6, 6.07) is 0.281. The van der Waals surface area contributed by atoms with E-state index in [9.17, 15) is 0 Å². The molecule has 1 aliphatic rings. The van der Waals surface area contributed by atoms with Gasteiger partial charge in [-0.2, -0.15) is 5.10 Å². The number of ether oxygens (including phenoxy) is 1. The molecule has 0 fully saturated rings. The minimum absolute atomic E-state index is 0. The summed E-state index contributed by atoms with van der Waals surface area (Å²) < 4.78 is 7.07. The van der Waals surface area contributed by atoms with E-state index in [2.05, 4.69) is 30.7 Å². The zero-order chi connectivity index (χ0) is 16.9. The highest BCUT2D eigenvalue weighted by Gasteiger charge is 2.22. The van der Waals surface area contributed by atoms with Crippen LogP contribution in [-0.4, -0.2) is 45.9 Å². The molecular formula is C15H24IN7OS. The average Bonchev–Trinajstić information content (AvgIpc) is 3.16. The van der Waals surface area contributed by atoms with Crippen molar-refractivity contribution in [1.82, 2.24) is 30.4 Å². The van der Waals surface area contributed by atoms with Crippen LogP contribution in [0.5, 0.6) is 0 Å². The molecule has 0 saturated carbocycles. The number of nitrogens with zero attached hydrogens (tertiary/aromatic N) is 5. The number of fused-ring (bicyclic) bond motifs is 1. The molecule has 0 amide bonds. The van der Waals surface area contributed by atoms with Crippen molar-refractivity contribution in [2.45, 2.75) is 45.5 Å². The van der Waals surface area contributed by atoms with E-state index in [0.717, 1.165) is 48.5 Å². The number of hydrogen-bond acceptors (Lipinski definition) is 6. The molecule has 1 atom stereocenters. The first-order chi connectivity index (χ1) is 11.7. The minimum Gasteiger partial charge on any atom is -0.377 e. The van der Waals surface area contributed by atoms with Gasteiger partial charge < -0.3 is 15.4 Å². The van der Waals surface area contributed by atoms with Crippen molar-refractivity contribution in [3.05, 3.63) is 27.7 Å². The van der Waals surface area contributed by atoms with Gasteiger partial charge in [0.1, 0.15) is 12.4 Å². The van der Waals surface area contributed by atoms with Gasteiger partial charge in [0.2, 0.25) is 0 Å². The number of hydrogen-bond donors (Lipinski definition) is 2. The van der Waals surface area contributed by atoms with Crippen molar-refractivity contribution in [2.75, 3.05) is 14.2 Å². The number of aromatic nitrogens is 4. The number of guanidine groups is 1. The van der Waals surface area contributed by atoms with Gasteiger partial charge in [0, 0.05) is 37.7 Å². The molecule has 8 nitrogen and oxygen atoms in total. The van der Waals surface area contributed by atoms with Crippen LogP contribution in [0.1, 0.15) is 28.0 Å². The van der Waals surface area contributed by atoms with Gasteiger partial charge in [-0.3, -0.25) is 4.99 Å². The normalized spacial score (nSPS) is 16.9. The third-order valence-electron chi connectivity index (χ3n) is 3.84. The van der Waals surface area contributed by atoms with Crippen LogP contribution in [0.15, 0.2) is 11.2 Å². The van der Waals surface area contributed by atoms with Gasteiger partial charge >= 0.3 is 0 Å². The van der Waals surface area contributed by atoms with E-state index >= 15 is 0 Å². The predicted octanol–water partition coefficient (Wildman–Crippen LogP) is 1.49. The van der Waals surface area contributed by atoms with Crippen LogP contribution in [0.4, 0.5) is 0 Å². The van der Waals surface area contributed by atoms with Gasteiger partial charge in [0.15, 0.2) is 11.8 Å². The molecule has 25 heavy (non-hydrogen) atoms. The van der Waals surface area contributed by atoms with Crippen LogP contribution >= 0.6 is 35.3 Å². The number of halogens is 1. The molecule has 10 heteroatoms. The summed E-state index contributed by atoms with van der Waals surface area (Å²) in [5.74, 6) is 2.58. The molecule has 3 rings (SSSR count). The maximum atomic E-state index is 5.10. The van der Waals surface area contributed by atoms with Gasteiger partial charge in [-0.25, -0.2) is 14.6 Å². The van der Waals surface area contributed by atoms with Gasteiger partial charge in [-0.15, -0.1) is 35.3 Å². The fourth-order valence-electron chi connectivity index (χ4n) is 2.71. The third kappa shape index (κ3) is 5.35. The molecule has 0 aliphatic carbocycles. The molecule has 138 valence electrons. The molecule has 2 aromatic rings. The first-order valence-corrected chi connectivity index (χ1v) is 8.79. The lowest BCUT2D eigenvalue weighted by atomic mass is 10.1. The number of methoxy groups -OCH3 is 1. The number of rotatable bonds is 5. The molecule has 0 aromatic carbocycles. The van der Waals surface area contributed by atoms with Crippen LogP contribution in [0, 0.1) is 6.92 Å². The van der Waals surface area contributed by atoms with Crippen LogP contribution in [0.2, 0.25) is 0 Å². The van der Waals surface area contributed by atoms with Gasteiger partial charge in [-0.1, -0.05) is 0 Å². The molecule has 0 bridgehead atoms. The van der Waals surface area contributed by atoms with Gasteiger partial charge in [0.05, 0.1) is 18.1 Å². The molecule has 0 spiro atoms. The van der Waals surface area contributed by atoms with E-state index in [1.807, 2.05) is 17.8 Å². The summed E-state index contributed by atoms with van der Waals surface area (Å²) >= 11 is 1.69. The summed E-state index contributed by atoms with van der Waals surface area (Å²) in [6.45, 7) is 3.98. The van der Waals surface area contributed by atoms with Crippen LogP contribution in [0.3, 0.4) is 0 Å². The Bertz CT molecular complexity index is 715. The third-order valence-corrected chi connectivity index (χ3v) is 4.75. The molecule has 2 aromatic heterocycles. The van der Waals surface area contributed by atoms with E-state index in [0.29, 0.717) is 6.61 Å². The summed E-state index contributed by atoms with van der Waals surface area (Å²) in [5, 5.41) is 12.4. The minimum atomic E-state index is 0. The highest BCUT2D eigenvalue weighted by molar-refractivity contribution is 14.0. The largest absolute Gasteiger partial charge is 0.377 e. The lowest BCUT2D eigenvalue weighted by molar-refractivity contribution is 0.177. The Morgan fingerprint density at radius 1 is 1.52 bits per heavy atom. The Hall–Kier alpha value is -1.27. The van der Waals surface area contributed by atoms with Crippen LogP contribution in [-0.2, 0) is 30.9 Å². The molecule has 1 unspecified atom stereocenters. The lowest BCUT2D eigenvalue weighted by Gasteiger charge is -2.25. The second-order valence-electron chi connectivity index (χ2n) is 5.71. The van der Waals surface area contributed by atoms with Crippen molar-refractivity contribution in [1.29, 1.82) is 0 Å². The van der Waals surface area contributed by atoms with Crippen molar-refractivity contribution in [3.63, 3.8) is 0 Å². The quantitative estimate of drug-likeness (QED) is 0.386. The first-order valence-electron chi connectivity index (χ1n) is 7.98. The van der Waals surface area contributed by atoms with Crippen molar-refractivity contribution < 1.29 is 4.74 Å². The molecule has 3 heterocycles. The highest BCUT2D eigenvalue weighted by atomic mass is 127. The smallest absolute Gasteiger partial charge is 0.191 e. The van der Waals surface area contributed by atoms with Crippen molar-refractivity contribution >= 4 is 41.3 Å². The first kappa shape index (κ1) is 20.0. The summed E-state index contributed by atoms with van der Waals surface area (Å²) in [7, 11) is 3.44. The predicted molar refractivity (Wildman–Crippen MR) is 108 cm³/mol. The maximum absolute atomic E-state index is 5.10. The number of thiazole rings is 1. The van der Waals surface area contributed by atoms with Crippen molar-refractivity contribution in [3.8, 4) is 0 Å². The second-order valence-corrected chi connectivity index (χ2v) is 7.03. The SMILES string of the molecule is CN=C(NCc1cnc(C)s1)NC1CCc2nc(COC)nn2C1.I. The maximum Gasteiger partial charge on any atom is 0.191 e. The lowest BCUT2D eigenvalue weighted by Crippen LogP contribution is -2.46. The summed E-state index contributed by atoms with van der Waals surface area (Å²) in [5.41, 5.74) is 0. The highest BCUT2D eigenvalue weighted by Crippen LogP contribution is 2.14. The van der Waals surface area contributed by atoms with Gasteiger partial charge in [0.25, 0.3) is 0 Å². The topological polar surface area (TPSA) is 89.2 Å². The summed E-state index contributed by atoms with van der Waals surface area (Å²) in [6.07, 6.45) is 3.81. The molecule has 0 saturated heterocycles. The second kappa shape index (κ2) is 9.43. The zero-order valence-electron chi connectivity index (χ0n) is 14.7. The number of aryl methyl sites for hydroxylation is 2. The van der Waals surface area contributed by atoms with Crippen molar-refractivity contribution in [2.24, 2.45) is 4.99 Å². The van der Waals surface area contributed by atoms with E-state index in [1.54, 1.807) is 25.5 Å². The van der Waals surface area contributed by atoms with Crippen LogP contribution < -0.4 is 10.6 Å². The zero-order valence-corrected chi connectivity index (χ0v) is 17.8. The Morgan fingerprint density at radius 2 is 2.36 bits per heavy atom. The Kier molecular flexibility index (Phi) is 7.56. The Labute approximate surface area is 168 Å². The van der Waals surface area contributed by atoms with Gasteiger partial charge in [-0.05, 0) is 13.3 Å². The molecule has 2 N–H and O–H groups in total. The van der Waals surface area contributed by atoms with E-state index < -0.39 is 0 Å². The van der Waals surface area contributed by atoms with E-state index in [-0.39, 0.29) is 30.0 Å². The Balaban J connectivity index is 0.00000225. The molecule has 0 radical (unpaired) electrons. The number of nitrogens with one attached hydrogen (secondary N) is 2. The fourth-order valence-corrected chi connectivity index (χ4v) is 3.45.